The van der Waals surface area contributed by atoms with Crippen molar-refractivity contribution in [3.05, 3.63) is 72.9 Å². The third-order valence-corrected chi connectivity index (χ3v) is 11.5. The summed E-state index contributed by atoms with van der Waals surface area (Å²) in [5.74, 6) is -1.14. The summed E-state index contributed by atoms with van der Waals surface area (Å²) >= 11 is 0. The van der Waals surface area contributed by atoms with Gasteiger partial charge >= 0.3 is 19.8 Å². The van der Waals surface area contributed by atoms with Gasteiger partial charge in [0.25, 0.3) is 0 Å². The van der Waals surface area contributed by atoms with Crippen LogP contribution < -0.4 is 0 Å². The van der Waals surface area contributed by atoms with Crippen LogP contribution in [0.4, 0.5) is 0 Å². The summed E-state index contributed by atoms with van der Waals surface area (Å²) < 4.78 is 33.5. The Balaban J connectivity index is 2.46. The lowest BCUT2D eigenvalue weighted by Gasteiger charge is -2.41. The normalized spacial score (nSPS) is 22.3. The van der Waals surface area contributed by atoms with Gasteiger partial charge in [-0.25, -0.2) is 4.57 Å². The van der Waals surface area contributed by atoms with E-state index in [-0.39, 0.29) is 12.8 Å². The Morgan fingerprint density at radius 3 is 1.38 bits per heavy atom. The molecule has 0 aromatic heterocycles. The lowest BCUT2D eigenvalue weighted by molar-refractivity contribution is -0.220. The average molecular weight is 911 g/mol. The number of carbonyl (C=O) groups is 2. The fourth-order valence-electron chi connectivity index (χ4n) is 6.72. The number of ether oxygens (including phenoxy) is 2. The molecule has 1 saturated carbocycles. The molecule has 6 atom stereocenters. The molecule has 14 heteroatoms. The van der Waals surface area contributed by atoms with Crippen molar-refractivity contribution in [3.8, 4) is 0 Å². The van der Waals surface area contributed by atoms with E-state index in [1.807, 2.05) is 0 Å². The number of phosphoric ester groups is 1. The minimum Gasteiger partial charge on any atom is -0.462 e. The Morgan fingerprint density at radius 1 is 0.508 bits per heavy atom. The van der Waals surface area contributed by atoms with Crippen LogP contribution in [-0.2, 0) is 32.7 Å². The zero-order valence-electron chi connectivity index (χ0n) is 38.3. The van der Waals surface area contributed by atoms with E-state index >= 15 is 0 Å². The van der Waals surface area contributed by atoms with Gasteiger partial charge in [-0.05, 0) is 83.5 Å². The molecular formula is C49H83O13P. The van der Waals surface area contributed by atoms with Crippen molar-refractivity contribution < 1.29 is 63.1 Å². The average Bonchev–Trinajstić information content (AvgIpc) is 3.26. The van der Waals surface area contributed by atoms with Crippen LogP contribution in [0.15, 0.2) is 72.9 Å². The molecule has 0 aromatic rings. The van der Waals surface area contributed by atoms with Crippen molar-refractivity contribution in [3.63, 3.8) is 0 Å². The number of hydrogen-bond acceptors (Lipinski definition) is 12. The van der Waals surface area contributed by atoms with Crippen LogP contribution in [-0.4, -0.2) is 98.3 Å². The third kappa shape index (κ3) is 31.0. The van der Waals surface area contributed by atoms with Crippen molar-refractivity contribution in [2.75, 3.05) is 13.2 Å². The van der Waals surface area contributed by atoms with Crippen LogP contribution in [0, 0.1) is 0 Å². The standard InChI is InChI=1S/C49H83O13P/c1-3-5-7-9-11-13-15-17-19-20-21-22-24-25-27-29-31-33-35-37-42(50)59-39-41(40-60-63(57,58)62-49-47(55)45(53)44(52)46(54)48(49)56)61-43(51)38-36-34-32-30-28-26-23-18-16-14-12-10-8-6-4-2/h6,8,11-14,17-19,21-23,41,44-49,52-56H,3-5,7,9-10,15-16,20,24-40H2,1-2H3,(H,57,58). The van der Waals surface area contributed by atoms with E-state index in [1.165, 1.54) is 25.7 Å². The van der Waals surface area contributed by atoms with Gasteiger partial charge in [0.1, 0.15) is 43.2 Å². The van der Waals surface area contributed by atoms with Gasteiger partial charge in [0.05, 0.1) is 6.61 Å². The number of phosphoric acid groups is 1. The first-order valence-electron chi connectivity index (χ1n) is 23.7. The highest BCUT2D eigenvalue weighted by Gasteiger charge is 2.51. The molecule has 6 N–H and O–H groups in total. The molecule has 1 aliphatic rings. The highest BCUT2D eigenvalue weighted by Crippen LogP contribution is 2.47. The third-order valence-electron chi connectivity index (χ3n) is 10.5. The molecule has 0 spiro atoms. The molecule has 362 valence electrons. The van der Waals surface area contributed by atoms with Gasteiger partial charge in [0.2, 0.25) is 0 Å². The van der Waals surface area contributed by atoms with Crippen LogP contribution in [0.1, 0.15) is 168 Å². The molecule has 0 aliphatic heterocycles. The van der Waals surface area contributed by atoms with Gasteiger partial charge in [0, 0.05) is 12.8 Å². The van der Waals surface area contributed by atoms with Crippen molar-refractivity contribution in [1.29, 1.82) is 0 Å². The molecule has 13 nitrogen and oxygen atoms in total. The van der Waals surface area contributed by atoms with Crippen LogP contribution in [0.25, 0.3) is 0 Å². The molecular weight excluding hydrogens is 828 g/mol. The maximum atomic E-state index is 12.8. The monoisotopic (exact) mass is 911 g/mol. The molecule has 0 bridgehead atoms. The maximum absolute atomic E-state index is 12.8. The molecule has 1 aliphatic carbocycles. The van der Waals surface area contributed by atoms with E-state index in [4.69, 9.17) is 18.5 Å². The van der Waals surface area contributed by atoms with Crippen molar-refractivity contribution in [2.24, 2.45) is 0 Å². The smallest absolute Gasteiger partial charge is 0.462 e. The number of carbonyl (C=O) groups excluding carboxylic acids is 2. The predicted molar refractivity (Wildman–Crippen MR) is 249 cm³/mol. The zero-order valence-corrected chi connectivity index (χ0v) is 39.2. The lowest BCUT2D eigenvalue weighted by atomic mass is 9.85. The molecule has 1 fully saturated rings. The fourth-order valence-corrected chi connectivity index (χ4v) is 7.69. The van der Waals surface area contributed by atoms with Crippen molar-refractivity contribution >= 4 is 19.8 Å². The van der Waals surface area contributed by atoms with E-state index in [2.05, 4.69) is 86.8 Å². The van der Waals surface area contributed by atoms with Crippen LogP contribution >= 0.6 is 7.82 Å². The summed E-state index contributed by atoms with van der Waals surface area (Å²) in [7, 11) is -5.13. The van der Waals surface area contributed by atoms with Crippen molar-refractivity contribution in [2.45, 2.75) is 211 Å². The summed E-state index contributed by atoms with van der Waals surface area (Å²) in [6.07, 6.45) is 35.2. The number of rotatable bonds is 38. The second-order valence-corrected chi connectivity index (χ2v) is 17.6. The Bertz CT molecular complexity index is 1380. The quantitative estimate of drug-likeness (QED) is 0.0148. The van der Waals surface area contributed by atoms with Gasteiger partial charge in [-0.3, -0.25) is 18.6 Å². The SMILES string of the molecule is CCC=CCC=CCC=CCCCCCCCC(=O)OC(COC(=O)CCCCCCCCC=CCC=CCC=CCCCCC)COP(=O)(O)OC1C(O)C(O)C(O)C(O)C1O. The number of aliphatic hydroxyl groups excluding tert-OH is 5. The van der Waals surface area contributed by atoms with Gasteiger partial charge in [-0.2, -0.15) is 0 Å². The first-order valence-corrected chi connectivity index (χ1v) is 25.2. The van der Waals surface area contributed by atoms with Gasteiger partial charge < -0.3 is 39.9 Å². The Labute approximate surface area is 378 Å². The first kappa shape index (κ1) is 58.3. The molecule has 0 radical (unpaired) electrons. The topological polar surface area (TPSA) is 210 Å². The lowest BCUT2D eigenvalue weighted by Crippen LogP contribution is -2.64. The van der Waals surface area contributed by atoms with E-state index in [0.717, 1.165) is 103 Å². The molecule has 0 heterocycles. The van der Waals surface area contributed by atoms with E-state index in [0.29, 0.717) is 12.8 Å². The van der Waals surface area contributed by atoms with Gasteiger partial charge in [-0.1, -0.05) is 145 Å². The van der Waals surface area contributed by atoms with Crippen molar-refractivity contribution in [1.82, 2.24) is 0 Å². The summed E-state index contributed by atoms with van der Waals surface area (Å²) in [6, 6.07) is 0. The largest absolute Gasteiger partial charge is 0.472 e. The van der Waals surface area contributed by atoms with Crippen LogP contribution in [0.3, 0.4) is 0 Å². The Morgan fingerprint density at radius 2 is 0.905 bits per heavy atom. The van der Waals surface area contributed by atoms with E-state index in [9.17, 15) is 44.6 Å². The minimum atomic E-state index is -5.13. The molecule has 63 heavy (non-hydrogen) atoms. The summed E-state index contributed by atoms with van der Waals surface area (Å²) in [5.41, 5.74) is 0. The number of unbranched alkanes of at least 4 members (excludes halogenated alkanes) is 14. The van der Waals surface area contributed by atoms with Gasteiger partial charge in [-0.15, -0.1) is 0 Å². The number of esters is 2. The van der Waals surface area contributed by atoms with E-state index < -0.39 is 75.7 Å². The maximum Gasteiger partial charge on any atom is 0.472 e. The summed E-state index contributed by atoms with van der Waals surface area (Å²) in [4.78, 5) is 35.7. The van der Waals surface area contributed by atoms with Crippen LogP contribution in [0.2, 0.25) is 0 Å². The predicted octanol–water partition coefficient (Wildman–Crippen LogP) is 9.50. The number of aliphatic hydroxyl groups is 5. The molecule has 6 unspecified atom stereocenters. The molecule has 0 saturated heterocycles. The Hall–Kier alpha value is -2.71. The van der Waals surface area contributed by atoms with Gasteiger partial charge in [0.15, 0.2) is 6.10 Å². The Kier molecular flexibility index (Phi) is 35.7. The fraction of sp³-hybridized carbons (Fsp3) is 0.714. The molecule has 0 amide bonds. The van der Waals surface area contributed by atoms with Crippen LogP contribution in [0.5, 0.6) is 0 Å². The summed E-state index contributed by atoms with van der Waals surface area (Å²) in [5, 5.41) is 50.2. The first-order chi connectivity index (χ1) is 30.4. The summed E-state index contributed by atoms with van der Waals surface area (Å²) in [6.45, 7) is 3.13. The second-order valence-electron chi connectivity index (χ2n) is 16.2. The highest BCUT2D eigenvalue weighted by molar-refractivity contribution is 7.47. The highest BCUT2D eigenvalue weighted by atomic mass is 31.2. The molecule has 1 rings (SSSR count). The second kappa shape index (κ2) is 38.5. The number of allylic oxidation sites excluding steroid dienone is 12. The van der Waals surface area contributed by atoms with E-state index in [1.54, 1.807) is 0 Å². The number of hydrogen-bond donors (Lipinski definition) is 6. The minimum absolute atomic E-state index is 0.0704. The zero-order chi connectivity index (χ0) is 46.4. The molecule has 0 aromatic carbocycles.